The van der Waals surface area contributed by atoms with Gasteiger partial charge >= 0.3 is 0 Å². The second kappa shape index (κ2) is 6.31. The molecule has 7 nitrogen and oxygen atoms in total. The lowest BCUT2D eigenvalue weighted by molar-refractivity contribution is -0.387. The third-order valence-corrected chi connectivity index (χ3v) is 5.70. The van der Waals surface area contributed by atoms with Crippen LogP contribution in [0.1, 0.15) is 36.8 Å². The minimum absolute atomic E-state index is 0.108. The third kappa shape index (κ3) is 3.63. The molecule has 0 radical (unpaired) electrons. The minimum atomic E-state index is -3.92. The van der Waals surface area contributed by atoms with E-state index in [1.54, 1.807) is 13.8 Å². The smallest absolute Gasteiger partial charge is 0.289 e. The zero-order valence-electron chi connectivity index (χ0n) is 12.7. The summed E-state index contributed by atoms with van der Waals surface area (Å²) in [6.45, 7) is 3.45. The molecule has 1 aromatic carbocycles. The van der Waals surface area contributed by atoms with Crippen molar-refractivity contribution in [2.24, 2.45) is 5.73 Å². The summed E-state index contributed by atoms with van der Waals surface area (Å²) in [4.78, 5) is 10.2. The Morgan fingerprint density at radius 3 is 2.27 bits per heavy atom. The van der Waals surface area contributed by atoms with Gasteiger partial charge in [-0.1, -0.05) is 0 Å². The van der Waals surface area contributed by atoms with Crippen LogP contribution in [0.4, 0.5) is 5.69 Å². The van der Waals surface area contributed by atoms with Crippen LogP contribution >= 0.6 is 0 Å². The molecule has 1 aromatic rings. The highest BCUT2D eigenvalue weighted by molar-refractivity contribution is 7.89. The number of hydrogen-bond acceptors (Lipinski definition) is 5. The number of sulfonamides is 1. The highest BCUT2D eigenvalue weighted by Gasteiger charge is 2.30. The molecule has 0 bridgehead atoms. The van der Waals surface area contributed by atoms with Crippen molar-refractivity contribution in [3.05, 3.63) is 33.4 Å². The number of hydrogen-bond donors (Lipinski definition) is 2. The first-order valence-electron chi connectivity index (χ1n) is 7.24. The Labute approximate surface area is 130 Å². The van der Waals surface area contributed by atoms with Crippen LogP contribution in [-0.4, -0.2) is 25.4 Å². The summed E-state index contributed by atoms with van der Waals surface area (Å²) in [5.74, 6) is 0. The maximum absolute atomic E-state index is 12.5. The number of nitro benzene ring substituents is 1. The van der Waals surface area contributed by atoms with Gasteiger partial charge in [-0.05, 0) is 56.7 Å². The molecule has 0 amide bonds. The predicted molar refractivity (Wildman–Crippen MR) is 83.1 cm³/mol. The Morgan fingerprint density at radius 2 is 1.73 bits per heavy atom. The molecular formula is C14H21N3O4S. The van der Waals surface area contributed by atoms with Crippen LogP contribution in [0.3, 0.4) is 0 Å². The van der Waals surface area contributed by atoms with Gasteiger partial charge in [0.15, 0.2) is 4.90 Å². The number of nitrogens with one attached hydrogen (secondary N) is 1. The van der Waals surface area contributed by atoms with Gasteiger partial charge in [-0.15, -0.1) is 0 Å². The maximum Gasteiger partial charge on any atom is 0.289 e. The summed E-state index contributed by atoms with van der Waals surface area (Å²) in [6.07, 6.45) is 2.81. The molecule has 22 heavy (non-hydrogen) atoms. The fraction of sp³-hybridized carbons (Fsp3) is 0.571. The topological polar surface area (TPSA) is 115 Å². The first-order valence-corrected chi connectivity index (χ1v) is 8.72. The molecule has 1 aliphatic rings. The summed E-state index contributed by atoms with van der Waals surface area (Å²) >= 11 is 0. The van der Waals surface area contributed by atoms with Gasteiger partial charge in [0.2, 0.25) is 10.0 Å². The van der Waals surface area contributed by atoms with Crippen LogP contribution in [0.2, 0.25) is 0 Å². The van der Waals surface area contributed by atoms with E-state index in [4.69, 9.17) is 5.73 Å². The van der Waals surface area contributed by atoms with E-state index in [9.17, 15) is 18.5 Å². The molecule has 1 saturated carbocycles. The van der Waals surface area contributed by atoms with Crippen molar-refractivity contribution in [2.75, 3.05) is 0 Å². The number of benzene rings is 1. The Hall–Kier alpha value is -1.51. The van der Waals surface area contributed by atoms with Gasteiger partial charge in [0.05, 0.1) is 4.92 Å². The minimum Gasteiger partial charge on any atom is -0.328 e. The first kappa shape index (κ1) is 16.9. The molecule has 1 aliphatic carbocycles. The van der Waals surface area contributed by atoms with Crippen molar-refractivity contribution in [2.45, 2.75) is 56.5 Å². The van der Waals surface area contributed by atoms with Crippen molar-refractivity contribution in [1.29, 1.82) is 0 Å². The van der Waals surface area contributed by atoms with Gasteiger partial charge in [-0.2, -0.15) is 0 Å². The third-order valence-electron chi connectivity index (χ3n) is 4.16. The number of rotatable bonds is 4. The molecule has 8 heteroatoms. The van der Waals surface area contributed by atoms with Gasteiger partial charge in [-0.3, -0.25) is 10.1 Å². The maximum atomic E-state index is 12.5. The van der Waals surface area contributed by atoms with Crippen LogP contribution in [0.5, 0.6) is 0 Å². The van der Waals surface area contributed by atoms with Crippen molar-refractivity contribution in [3.63, 3.8) is 0 Å². The summed E-state index contributed by atoms with van der Waals surface area (Å²) in [5, 5.41) is 11.2. The molecule has 1 fully saturated rings. The van der Waals surface area contributed by atoms with Crippen molar-refractivity contribution < 1.29 is 13.3 Å². The van der Waals surface area contributed by atoms with E-state index < -0.39 is 14.9 Å². The number of nitrogens with two attached hydrogens (primary N) is 1. The molecule has 0 heterocycles. The van der Waals surface area contributed by atoms with E-state index >= 15 is 0 Å². The van der Waals surface area contributed by atoms with E-state index in [1.807, 2.05) is 0 Å². The summed E-state index contributed by atoms with van der Waals surface area (Å²) in [5.41, 5.74) is 6.81. The standard InChI is InChI=1S/C14H21N3O4S/c1-9-7-13(17(18)19)14(8-10(9)2)22(20,21)16-12-5-3-11(15)4-6-12/h7-8,11-12,16H,3-6,15H2,1-2H3. The summed E-state index contributed by atoms with van der Waals surface area (Å²) < 4.78 is 27.6. The van der Waals surface area contributed by atoms with Gasteiger partial charge in [0, 0.05) is 18.2 Å². The largest absolute Gasteiger partial charge is 0.328 e. The van der Waals surface area contributed by atoms with Gasteiger partial charge in [0.25, 0.3) is 5.69 Å². The lowest BCUT2D eigenvalue weighted by atomic mass is 9.93. The lowest BCUT2D eigenvalue weighted by Crippen LogP contribution is -2.40. The van der Waals surface area contributed by atoms with Crippen molar-refractivity contribution in [1.82, 2.24) is 4.72 Å². The fourth-order valence-corrected chi connectivity index (χ4v) is 4.19. The highest BCUT2D eigenvalue weighted by atomic mass is 32.2. The first-order chi connectivity index (χ1) is 10.2. The summed E-state index contributed by atoms with van der Waals surface area (Å²) in [6, 6.07) is 2.56. The van der Waals surface area contributed by atoms with E-state index in [2.05, 4.69) is 4.72 Å². The van der Waals surface area contributed by atoms with E-state index in [-0.39, 0.29) is 22.7 Å². The lowest BCUT2D eigenvalue weighted by Gasteiger charge is -2.26. The fourth-order valence-electron chi connectivity index (χ4n) is 2.65. The zero-order chi connectivity index (χ0) is 16.5. The molecule has 0 aromatic heterocycles. The molecule has 0 spiro atoms. The Kier molecular flexibility index (Phi) is 4.84. The normalized spacial score (nSPS) is 22.5. The van der Waals surface area contributed by atoms with Gasteiger partial charge in [-0.25, -0.2) is 13.1 Å². The molecular weight excluding hydrogens is 306 g/mol. The molecule has 3 N–H and O–H groups in total. The number of nitrogens with zero attached hydrogens (tertiary/aromatic N) is 1. The quantitative estimate of drug-likeness (QED) is 0.646. The molecule has 0 saturated heterocycles. The van der Waals surface area contributed by atoms with E-state index in [0.29, 0.717) is 24.0 Å². The molecule has 2 rings (SSSR count). The van der Waals surface area contributed by atoms with E-state index in [1.165, 1.54) is 12.1 Å². The molecule has 0 atom stereocenters. The SMILES string of the molecule is Cc1cc([N+](=O)[O-])c(S(=O)(=O)NC2CCC(N)CC2)cc1C. The Bertz CT molecular complexity index is 680. The second-order valence-corrected chi connectivity index (χ2v) is 7.58. The van der Waals surface area contributed by atoms with Gasteiger partial charge < -0.3 is 5.73 Å². The average Bonchev–Trinajstić information content (AvgIpc) is 2.43. The van der Waals surface area contributed by atoms with Crippen molar-refractivity contribution in [3.8, 4) is 0 Å². The Morgan fingerprint density at radius 1 is 1.18 bits per heavy atom. The zero-order valence-corrected chi connectivity index (χ0v) is 13.5. The average molecular weight is 327 g/mol. The molecule has 0 unspecified atom stereocenters. The molecule has 122 valence electrons. The van der Waals surface area contributed by atoms with Crippen LogP contribution in [0.15, 0.2) is 17.0 Å². The Balaban J connectivity index is 2.33. The summed E-state index contributed by atoms with van der Waals surface area (Å²) in [7, 11) is -3.92. The molecule has 0 aliphatic heterocycles. The van der Waals surface area contributed by atoms with Crippen LogP contribution in [0, 0.1) is 24.0 Å². The van der Waals surface area contributed by atoms with Crippen molar-refractivity contribution >= 4 is 15.7 Å². The second-order valence-electron chi connectivity index (χ2n) is 5.89. The number of nitro groups is 1. The monoisotopic (exact) mass is 327 g/mol. The van der Waals surface area contributed by atoms with Crippen LogP contribution in [0.25, 0.3) is 0 Å². The number of aryl methyl sites for hydroxylation is 2. The highest BCUT2D eigenvalue weighted by Crippen LogP contribution is 2.28. The van der Waals surface area contributed by atoms with Crippen LogP contribution in [-0.2, 0) is 10.0 Å². The van der Waals surface area contributed by atoms with Crippen LogP contribution < -0.4 is 10.5 Å². The van der Waals surface area contributed by atoms with Gasteiger partial charge in [0.1, 0.15) is 0 Å². The predicted octanol–water partition coefficient (Wildman–Crippen LogP) is 1.76. The van der Waals surface area contributed by atoms with E-state index in [0.717, 1.165) is 12.8 Å².